The third kappa shape index (κ3) is 3.18. The first-order chi connectivity index (χ1) is 11.5. The Hall–Kier alpha value is -2.62. The predicted octanol–water partition coefficient (Wildman–Crippen LogP) is 3.60. The van der Waals surface area contributed by atoms with E-state index in [1.807, 2.05) is 63.2 Å². The lowest BCUT2D eigenvalue weighted by molar-refractivity contribution is -0.122. The van der Waals surface area contributed by atoms with Crippen LogP contribution in [0.2, 0.25) is 0 Å². The zero-order valence-corrected chi connectivity index (χ0v) is 14.3. The van der Waals surface area contributed by atoms with Crippen molar-refractivity contribution in [2.75, 3.05) is 16.8 Å². The molecule has 3 rings (SSSR count). The van der Waals surface area contributed by atoms with Crippen LogP contribution in [0.1, 0.15) is 23.1 Å². The fourth-order valence-electron chi connectivity index (χ4n) is 3.17. The topological polar surface area (TPSA) is 49.4 Å². The number of aryl methyl sites for hydroxylation is 3. The van der Waals surface area contributed by atoms with Gasteiger partial charge in [0, 0.05) is 24.3 Å². The van der Waals surface area contributed by atoms with Gasteiger partial charge >= 0.3 is 0 Å². The molecule has 1 saturated heterocycles. The predicted molar refractivity (Wildman–Crippen MR) is 96.2 cm³/mol. The Balaban J connectivity index is 1.75. The average molecular weight is 322 g/mol. The molecule has 0 radical (unpaired) electrons. The standard InChI is InChI=1S/C20H22N2O2/c1-13-6-4-9-17(10-13)22-12-16(11-18(22)23)20(24)21-19-14(2)7-5-8-15(19)3/h4-10,16H,11-12H2,1-3H3,(H,21,24)/t16-/m1/s1. The van der Waals surface area contributed by atoms with Gasteiger partial charge in [-0.2, -0.15) is 0 Å². The lowest BCUT2D eigenvalue weighted by Crippen LogP contribution is -2.28. The van der Waals surface area contributed by atoms with E-state index in [0.29, 0.717) is 6.54 Å². The molecule has 1 fully saturated rings. The molecule has 2 aromatic rings. The molecule has 4 heteroatoms. The molecule has 1 aliphatic heterocycles. The van der Waals surface area contributed by atoms with E-state index in [4.69, 9.17) is 0 Å². The second-order valence-corrected chi connectivity index (χ2v) is 6.50. The molecule has 1 N–H and O–H groups in total. The minimum atomic E-state index is -0.322. The van der Waals surface area contributed by atoms with E-state index in [2.05, 4.69) is 5.32 Å². The van der Waals surface area contributed by atoms with Gasteiger partial charge in [0.15, 0.2) is 0 Å². The Kier molecular flexibility index (Phi) is 4.38. The zero-order chi connectivity index (χ0) is 17.3. The highest BCUT2D eigenvalue weighted by atomic mass is 16.2. The van der Waals surface area contributed by atoms with Gasteiger partial charge in [0.2, 0.25) is 11.8 Å². The molecule has 1 aliphatic rings. The van der Waals surface area contributed by atoms with Crippen LogP contribution in [0.3, 0.4) is 0 Å². The Bertz CT molecular complexity index is 778. The summed E-state index contributed by atoms with van der Waals surface area (Å²) < 4.78 is 0. The van der Waals surface area contributed by atoms with Crippen molar-refractivity contribution in [1.82, 2.24) is 0 Å². The number of carbonyl (C=O) groups is 2. The van der Waals surface area contributed by atoms with E-state index in [-0.39, 0.29) is 24.2 Å². The lowest BCUT2D eigenvalue weighted by Gasteiger charge is -2.18. The number of carbonyl (C=O) groups excluding carboxylic acids is 2. The number of para-hydroxylation sites is 1. The fraction of sp³-hybridized carbons (Fsp3) is 0.300. The summed E-state index contributed by atoms with van der Waals surface area (Å²) in [7, 11) is 0. The molecule has 2 amide bonds. The fourth-order valence-corrected chi connectivity index (χ4v) is 3.17. The highest BCUT2D eigenvalue weighted by molar-refractivity contribution is 6.04. The van der Waals surface area contributed by atoms with Gasteiger partial charge in [-0.15, -0.1) is 0 Å². The first-order valence-corrected chi connectivity index (χ1v) is 8.20. The molecular weight excluding hydrogens is 300 g/mol. The molecular formula is C20H22N2O2. The first kappa shape index (κ1) is 16.2. The Morgan fingerprint density at radius 3 is 2.42 bits per heavy atom. The van der Waals surface area contributed by atoms with Gasteiger partial charge in [-0.1, -0.05) is 30.3 Å². The molecule has 124 valence electrons. The van der Waals surface area contributed by atoms with Crippen LogP contribution in [0.25, 0.3) is 0 Å². The van der Waals surface area contributed by atoms with E-state index in [1.165, 1.54) is 0 Å². The van der Waals surface area contributed by atoms with Crippen LogP contribution in [0, 0.1) is 26.7 Å². The number of amides is 2. The van der Waals surface area contributed by atoms with Crippen LogP contribution in [0.15, 0.2) is 42.5 Å². The molecule has 0 aromatic heterocycles. The maximum Gasteiger partial charge on any atom is 0.229 e. The summed E-state index contributed by atoms with van der Waals surface area (Å²) >= 11 is 0. The van der Waals surface area contributed by atoms with Crippen molar-refractivity contribution in [3.05, 3.63) is 59.2 Å². The van der Waals surface area contributed by atoms with E-state index in [1.54, 1.807) is 4.90 Å². The van der Waals surface area contributed by atoms with Crippen molar-refractivity contribution in [3.8, 4) is 0 Å². The Labute approximate surface area is 142 Å². The number of hydrogen-bond acceptors (Lipinski definition) is 2. The van der Waals surface area contributed by atoms with Crippen LogP contribution in [0.4, 0.5) is 11.4 Å². The van der Waals surface area contributed by atoms with Crippen molar-refractivity contribution in [1.29, 1.82) is 0 Å². The maximum atomic E-state index is 12.6. The molecule has 2 aromatic carbocycles. The van der Waals surface area contributed by atoms with Gasteiger partial charge in [0.05, 0.1) is 5.92 Å². The molecule has 0 saturated carbocycles. The van der Waals surface area contributed by atoms with Crippen LogP contribution < -0.4 is 10.2 Å². The third-order valence-corrected chi connectivity index (χ3v) is 4.54. The van der Waals surface area contributed by atoms with Gasteiger partial charge in [-0.25, -0.2) is 0 Å². The number of nitrogens with one attached hydrogen (secondary N) is 1. The van der Waals surface area contributed by atoms with Gasteiger partial charge < -0.3 is 10.2 Å². The molecule has 0 spiro atoms. The third-order valence-electron chi connectivity index (χ3n) is 4.54. The molecule has 0 unspecified atom stereocenters. The van der Waals surface area contributed by atoms with Gasteiger partial charge in [-0.05, 0) is 49.6 Å². The van der Waals surface area contributed by atoms with Crippen LogP contribution in [-0.2, 0) is 9.59 Å². The largest absolute Gasteiger partial charge is 0.325 e. The van der Waals surface area contributed by atoms with Gasteiger partial charge in [0.1, 0.15) is 0 Å². The number of hydrogen-bond donors (Lipinski definition) is 1. The second kappa shape index (κ2) is 6.48. The summed E-state index contributed by atoms with van der Waals surface area (Å²) in [5.74, 6) is -0.407. The van der Waals surface area contributed by atoms with Crippen LogP contribution in [-0.4, -0.2) is 18.4 Å². The lowest BCUT2D eigenvalue weighted by atomic mass is 10.1. The number of nitrogens with zero attached hydrogens (tertiary/aromatic N) is 1. The summed E-state index contributed by atoms with van der Waals surface area (Å²) in [6, 6.07) is 13.7. The highest BCUT2D eigenvalue weighted by Crippen LogP contribution is 2.27. The molecule has 24 heavy (non-hydrogen) atoms. The minimum absolute atomic E-state index is 0.00209. The quantitative estimate of drug-likeness (QED) is 0.938. The summed E-state index contributed by atoms with van der Waals surface area (Å²) in [6.07, 6.45) is 0.255. The van der Waals surface area contributed by atoms with Crippen molar-refractivity contribution < 1.29 is 9.59 Å². The SMILES string of the molecule is Cc1cccc(N2C[C@H](C(=O)Nc3c(C)cccc3C)CC2=O)c1. The van der Waals surface area contributed by atoms with Crippen molar-refractivity contribution >= 4 is 23.2 Å². The number of benzene rings is 2. The van der Waals surface area contributed by atoms with Crippen molar-refractivity contribution in [3.63, 3.8) is 0 Å². The van der Waals surface area contributed by atoms with E-state index in [9.17, 15) is 9.59 Å². The second-order valence-electron chi connectivity index (χ2n) is 6.50. The molecule has 1 heterocycles. The van der Waals surface area contributed by atoms with Crippen molar-refractivity contribution in [2.45, 2.75) is 27.2 Å². The summed E-state index contributed by atoms with van der Waals surface area (Å²) in [6.45, 7) is 6.37. The zero-order valence-electron chi connectivity index (χ0n) is 14.3. The summed E-state index contributed by atoms with van der Waals surface area (Å²) in [5, 5.41) is 3.01. The van der Waals surface area contributed by atoms with Gasteiger partial charge in [0.25, 0.3) is 0 Å². The molecule has 0 bridgehead atoms. The highest BCUT2D eigenvalue weighted by Gasteiger charge is 2.35. The smallest absolute Gasteiger partial charge is 0.229 e. The monoisotopic (exact) mass is 322 g/mol. The van der Waals surface area contributed by atoms with Gasteiger partial charge in [-0.3, -0.25) is 9.59 Å². The maximum absolute atomic E-state index is 12.6. The molecule has 0 aliphatic carbocycles. The number of rotatable bonds is 3. The minimum Gasteiger partial charge on any atom is -0.325 e. The number of anilines is 2. The molecule has 4 nitrogen and oxygen atoms in total. The Morgan fingerprint density at radius 2 is 1.75 bits per heavy atom. The van der Waals surface area contributed by atoms with E-state index in [0.717, 1.165) is 28.1 Å². The van der Waals surface area contributed by atoms with Crippen molar-refractivity contribution in [2.24, 2.45) is 5.92 Å². The normalized spacial score (nSPS) is 17.2. The van der Waals surface area contributed by atoms with Crippen LogP contribution >= 0.6 is 0 Å². The first-order valence-electron chi connectivity index (χ1n) is 8.20. The summed E-state index contributed by atoms with van der Waals surface area (Å²) in [4.78, 5) is 26.7. The van der Waals surface area contributed by atoms with Crippen LogP contribution in [0.5, 0.6) is 0 Å². The van der Waals surface area contributed by atoms with E-state index >= 15 is 0 Å². The molecule has 1 atom stereocenters. The summed E-state index contributed by atoms with van der Waals surface area (Å²) in [5.41, 5.74) is 4.88. The Morgan fingerprint density at radius 1 is 1.08 bits per heavy atom. The average Bonchev–Trinajstić information content (AvgIpc) is 2.93. The van der Waals surface area contributed by atoms with E-state index < -0.39 is 0 Å².